The molecule has 0 unspecified atom stereocenters. The third kappa shape index (κ3) is 5.54. The molecule has 0 atom stereocenters. The molecule has 1 fully saturated rings. The Labute approximate surface area is 178 Å². The van der Waals surface area contributed by atoms with Crippen molar-refractivity contribution in [3.63, 3.8) is 0 Å². The molecule has 160 valence electrons. The molecule has 0 bridgehead atoms. The van der Waals surface area contributed by atoms with E-state index < -0.39 is 0 Å². The number of hydrogen-bond donors (Lipinski definition) is 0. The Bertz CT molecular complexity index is 873. The predicted molar refractivity (Wildman–Crippen MR) is 118 cm³/mol. The van der Waals surface area contributed by atoms with Crippen molar-refractivity contribution in [1.82, 2.24) is 9.80 Å². The van der Waals surface area contributed by atoms with E-state index in [0.717, 1.165) is 48.0 Å². The summed E-state index contributed by atoms with van der Waals surface area (Å²) in [6.07, 6.45) is 3.47. The first-order valence-electron chi connectivity index (χ1n) is 10.3. The van der Waals surface area contributed by atoms with Gasteiger partial charge in [-0.1, -0.05) is 18.2 Å². The molecule has 2 aromatic carbocycles. The van der Waals surface area contributed by atoms with Gasteiger partial charge in [-0.15, -0.1) is 0 Å². The van der Waals surface area contributed by atoms with Crippen molar-refractivity contribution in [3.8, 4) is 17.2 Å². The van der Waals surface area contributed by atoms with Gasteiger partial charge < -0.3 is 19.1 Å². The second-order valence-electron chi connectivity index (χ2n) is 7.08. The monoisotopic (exact) mass is 410 g/mol. The molecule has 0 radical (unpaired) electrons. The molecule has 6 heteroatoms. The van der Waals surface area contributed by atoms with Gasteiger partial charge in [-0.25, -0.2) is 0 Å². The Morgan fingerprint density at radius 1 is 1.00 bits per heavy atom. The summed E-state index contributed by atoms with van der Waals surface area (Å²) >= 11 is 0. The predicted octanol–water partition coefficient (Wildman–Crippen LogP) is 3.46. The SMILES string of the molecule is CCOc1ccccc1/C=C/C(=O)N1CCN(Cc2cc(OC)ccc2OC)CC1. The van der Waals surface area contributed by atoms with E-state index in [1.165, 1.54) is 0 Å². The Balaban J connectivity index is 1.56. The summed E-state index contributed by atoms with van der Waals surface area (Å²) in [5.41, 5.74) is 2.00. The van der Waals surface area contributed by atoms with Gasteiger partial charge in [0, 0.05) is 49.9 Å². The molecule has 0 aromatic heterocycles. The minimum Gasteiger partial charge on any atom is -0.497 e. The number of nitrogens with zero attached hydrogens (tertiary/aromatic N) is 2. The van der Waals surface area contributed by atoms with Crippen molar-refractivity contribution in [1.29, 1.82) is 0 Å². The number of piperazine rings is 1. The number of para-hydroxylation sites is 1. The molecule has 1 aliphatic rings. The molecule has 1 amide bonds. The maximum Gasteiger partial charge on any atom is 0.246 e. The van der Waals surface area contributed by atoms with Crippen LogP contribution in [0.1, 0.15) is 18.1 Å². The van der Waals surface area contributed by atoms with E-state index in [-0.39, 0.29) is 5.91 Å². The number of methoxy groups -OCH3 is 2. The smallest absolute Gasteiger partial charge is 0.246 e. The Morgan fingerprint density at radius 3 is 2.47 bits per heavy atom. The van der Waals surface area contributed by atoms with Crippen LogP contribution in [0.2, 0.25) is 0 Å². The van der Waals surface area contributed by atoms with E-state index in [4.69, 9.17) is 14.2 Å². The van der Waals surface area contributed by atoms with Crippen LogP contribution in [0.5, 0.6) is 17.2 Å². The number of carbonyl (C=O) groups excluding carboxylic acids is 1. The molecule has 0 N–H and O–H groups in total. The summed E-state index contributed by atoms with van der Waals surface area (Å²) in [4.78, 5) is 16.8. The van der Waals surface area contributed by atoms with Gasteiger partial charge in [0.2, 0.25) is 5.91 Å². The molecule has 1 heterocycles. The lowest BCUT2D eigenvalue weighted by Crippen LogP contribution is -2.47. The van der Waals surface area contributed by atoms with Crippen LogP contribution in [0.3, 0.4) is 0 Å². The van der Waals surface area contributed by atoms with Crippen LogP contribution in [0.15, 0.2) is 48.5 Å². The lowest BCUT2D eigenvalue weighted by atomic mass is 10.1. The van der Waals surface area contributed by atoms with E-state index in [1.807, 2.05) is 60.4 Å². The van der Waals surface area contributed by atoms with Gasteiger partial charge in [0.05, 0.1) is 20.8 Å². The fourth-order valence-corrected chi connectivity index (χ4v) is 3.54. The molecule has 0 spiro atoms. The first kappa shape index (κ1) is 21.7. The highest BCUT2D eigenvalue weighted by Gasteiger charge is 2.21. The second kappa shape index (κ2) is 10.7. The minimum atomic E-state index is 0.0277. The highest BCUT2D eigenvalue weighted by atomic mass is 16.5. The summed E-state index contributed by atoms with van der Waals surface area (Å²) in [7, 11) is 3.34. The molecule has 1 saturated heterocycles. The van der Waals surface area contributed by atoms with E-state index in [2.05, 4.69) is 4.90 Å². The van der Waals surface area contributed by atoms with Crippen LogP contribution in [-0.4, -0.2) is 62.7 Å². The number of amides is 1. The van der Waals surface area contributed by atoms with Crippen molar-refractivity contribution < 1.29 is 19.0 Å². The summed E-state index contributed by atoms with van der Waals surface area (Å²) in [5.74, 6) is 2.49. The standard InChI is InChI=1S/C24H30N2O4/c1-4-30-23-8-6-5-7-19(23)9-12-24(27)26-15-13-25(14-16-26)18-20-17-21(28-2)10-11-22(20)29-3/h5-12,17H,4,13-16,18H2,1-3H3/b12-9+. The normalized spacial score (nSPS) is 14.7. The van der Waals surface area contributed by atoms with E-state index in [1.54, 1.807) is 20.3 Å². The van der Waals surface area contributed by atoms with E-state index in [9.17, 15) is 4.79 Å². The number of carbonyl (C=O) groups is 1. The van der Waals surface area contributed by atoms with Gasteiger partial charge in [-0.3, -0.25) is 9.69 Å². The summed E-state index contributed by atoms with van der Waals surface area (Å²) in [6.45, 7) is 6.33. The topological polar surface area (TPSA) is 51.2 Å². The minimum absolute atomic E-state index is 0.0277. The number of hydrogen-bond acceptors (Lipinski definition) is 5. The van der Waals surface area contributed by atoms with Crippen molar-refractivity contribution in [2.45, 2.75) is 13.5 Å². The molecule has 0 saturated carbocycles. The van der Waals surface area contributed by atoms with Gasteiger partial charge in [0.15, 0.2) is 0 Å². The lowest BCUT2D eigenvalue weighted by molar-refractivity contribution is -0.127. The molecular formula is C24H30N2O4. The molecule has 30 heavy (non-hydrogen) atoms. The third-order valence-corrected chi connectivity index (χ3v) is 5.19. The van der Waals surface area contributed by atoms with Crippen LogP contribution in [0, 0.1) is 0 Å². The molecule has 3 rings (SSSR count). The highest BCUT2D eigenvalue weighted by Crippen LogP contribution is 2.26. The van der Waals surface area contributed by atoms with Gasteiger partial charge in [-0.05, 0) is 37.3 Å². The Morgan fingerprint density at radius 2 is 1.77 bits per heavy atom. The van der Waals surface area contributed by atoms with Crippen molar-refractivity contribution >= 4 is 12.0 Å². The zero-order valence-corrected chi connectivity index (χ0v) is 18.0. The van der Waals surface area contributed by atoms with Crippen LogP contribution in [-0.2, 0) is 11.3 Å². The zero-order chi connectivity index (χ0) is 21.3. The first-order chi connectivity index (χ1) is 14.6. The summed E-state index contributed by atoms with van der Waals surface area (Å²) in [5, 5.41) is 0. The van der Waals surface area contributed by atoms with E-state index in [0.29, 0.717) is 19.7 Å². The molecule has 6 nitrogen and oxygen atoms in total. The van der Waals surface area contributed by atoms with Crippen molar-refractivity contribution in [2.24, 2.45) is 0 Å². The highest BCUT2D eigenvalue weighted by molar-refractivity contribution is 5.92. The average Bonchev–Trinajstić information content (AvgIpc) is 2.79. The summed E-state index contributed by atoms with van der Waals surface area (Å²) in [6, 6.07) is 13.6. The van der Waals surface area contributed by atoms with Gasteiger partial charge in [0.25, 0.3) is 0 Å². The fraction of sp³-hybridized carbons (Fsp3) is 0.375. The second-order valence-corrected chi connectivity index (χ2v) is 7.08. The average molecular weight is 411 g/mol. The zero-order valence-electron chi connectivity index (χ0n) is 18.0. The van der Waals surface area contributed by atoms with Crippen molar-refractivity contribution in [3.05, 3.63) is 59.7 Å². The molecule has 0 aliphatic carbocycles. The Kier molecular flexibility index (Phi) is 7.74. The summed E-state index contributed by atoms with van der Waals surface area (Å²) < 4.78 is 16.4. The van der Waals surface area contributed by atoms with Gasteiger partial charge in [-0.2, -0.15) is 0 Å². The largest absolute Gasteiger partial charge is 0.497 e. The molecule has 1 aliphatic heterocycles. The van der Waals surface area contributed by atoms with Crippen molar-refractivity contribution in [2.75, 3.05) is 47.0 Å². The van der Waals surface area contributed by atoms with E-state index >= 15 is 0 Å². The van der Waals surface area contributed by atoms with Crippen LogP contribution < -0.4 is 14.2 Å². The van der Waals surface area contributed by atoms with Gasteiger partial charge in [0.1, 0.15) is 17.2 Å². The Hall–Kier alpha value is -2.99. The van der Waals surface area contributed by atoms with Crippen LogP contribution >= 0.6 is 0 Å². The first-order valence-corrected chi connectivity index (χ1v) is 10.3. The molecule has 2 aromatic rings. The van der Waals surface area contributed by atoms with Crippen LogP contribution in [0.4, 0.5) is 0 Å². The van der Waals surface area contributed by atoms with Gasteiger partial charge >= 0.3 is 0 Å². The fourth-order valence-electron chi connectivity index (χ4n) is 3.54. The van der Waals surface area contributed by atoms with Crippen LogP contribution in [0.25, 0.3) is 6.08 Å². The number of ether oxygens (including phenoxy) is 3. The maximum absolute atomic E-state index is 12.6. The lowest BCUT2D eigenvalue weighted by Gasteiger charge is -2.34. The number of rotatable bonds is 8. The molecular weight excluding hydrogens is 380 g/mol. The number of benzene rings is 2. The maximum atomic E-state index is 12.6. The third-order valence-electron chi connectivity index (χ3n) is 5.19. The quantitative estimate of drug-likeness (QED) is 0.624.